The molecule has 0 radical (unpaired) electrons. The number of hydrogen-bond acceptors (Lipinski definition) is 6. The fraction of sp³-hybridized carbons (Fsp3) is 0.625. The molecule has 1 aromatic carbocycles. The van der Waals surface area contributed by atoms with E-state index in [1.165, 1.54) is 18.2 Å². The predicted molar refractivity (Wildman–Crippen MR) is 89.5 cm³/mol. The van der Waals surface area contributed by atoms with Crippen LogP contribution in [0.4, 0.5) is 0 Å². The third kappa shape index (κ3) is 7.96. The third-order valence-electron chi connectivity index (χ3n) is 2.88. The van der Waals surface area contributed by atoms with Crippen LogP contribution in [-0.4, -0.2) is 52.6 Å². The lowest BCUT2D eigenvalue weighted by Gasteiger charge is -2.14. The summed E-state index contributed by atoms with van der Waals surface area (Å²) in [4.78, 5) is -0.249. The lowest BCUT2D eigenvalue weighted by Crippen LogP contribution is -2.11. The van der Waals surface area contributed by atoms with Gasteiger partial charge < -0.3 is 18.9 Å². The highest BCUT2D eigenvalue weighted by molar-refractivity contribution is 7.85. The van der Waals surface area contributed by atoms with Gasteiger partial charge in [0, 0.05) is 19.3 Å². The summed E-state index contributed by atoms with van der Waals surface area (Å²) in [5.41, 5.74) is 0. The van der Waals surface area contributed by atoms with E-state index in [0.29, 0.717) is 38.8 Å². The molecule has 138 valence electrons. The van der Waals surface area contributed by atoms with Gasteiger partial charge in [0.1, 0.15) is 13.2 Å². The van der Waals surface area contributed by atoms with Gasteiger partial charge in [-0.2, -0.15) is 8.42 Å². The maximum atomic E-state index is 11.3. The van der Waals surface area contributed by atoms with Gasteiger partial charge in [0.25, 0.3) is 10.1 Å². The molecular formula is C16H26O7S. The van der Waals surface area contributed by atoms with E-state index >= 15 is 0 Å². The SMILES string of the molecule is CCCOCCOc1ccc(S(=O)(=O)O)cc1OCCOCCC. The molecule has 0 saturated carbocycles. The van der Waals surface area contributed by atoms with E-state index < -0.39 is 10.1 Å². The van der Waals surface area contributed by atoms with Crippen LogP contribution in [-0.2, 0) is 19.6 Å². The van der Waals surface area contributed by atoms with Crippen LogP contribution in [0.5, 0.6) is 11.5 Å². The summed E-state index contributed by atoms with van der Waals surface area (Å²) >= 11 is 0. The summed E-state index contributed by atoms with van der Waals surface area (Å²) in [6.45, 7) is 6.67. The molecule has 24 heavy (non-hydrogen) atoms. The van der Waals surface area contributed by atoms with Crippen molar-refractivity contribution < 1.29 is 31.9 Å². The molecule has 0 aliphatic rings. The average Bonchev–Trinajstić information content (AvgIpc) is 2.54. The molecule has 0 fully saturated rings. The average molecular weight is 362 g/mol. The maximum Gasteiger partial charge on any atom is 0.294 e. The summed E-state index contributed by atoms with van der Waals surface area (Å²) in [5, 5.41) is 0. The van der Waals surface area contributed by atoms with Gasteiger partial charge in [-0.1, -0.05) is 13.8 Å². The zero-order valence-electron chi connectivity index (χ0n) is 14.2. The number of benzene rings is 1. The maximum absolute atomic E-state index is 11.3. The van der Waals surface area contributed by atoms with E-state index in [4.69, 9.17) is 23.5 Å². The van der Waals surface area contributed by atoms with Crippen molar-refractivity contribution in [3.05, 3.63) is 18.2 Å². The molecule has 0 saturated heterocycles. The van der Waals surface area contributed by atoms with Crippen molar-refractivity contribution >= 4 is 10.1 Å². The van der Waals surface area contributed by atoms with Crippen LogP contribution in [0, 0.1) is 0 Å². The van der Waals surface area contributed by atoms with Gasteiger partial charge in [-0.15, -0.1) is 0 Å². The molecule has 0 heterocycles. The van der Waals surface area contributed by atoms with E-state index in [0.717, 1.165) is 12.8 Å². The van der Waals surface area contributed by atoms with Crippen LogP contribution >= 0.6 is 0 Å². The Morgan fingerprint density at radius 2 is 1.38 bits per heavy atom. The number of ether oxygens (including phenoxy) is 4. The Kier molecular flexibility index (Phi) is 9.70. The highest BCUT2D eigenvalue weighted by atomic mass is 32.2. The summed E-state index contributed by atoms with van der Waals surface area (Å²) in [5.74, 6) is 0.624. The third-order valence-corrected chi connectivity index (χ3v) is 3.73. The molecule has 8 heteroatoms. The van der Waals surface area contributed by atoms with Gasteiger partial charge >= 0.3 is 0 Å². The highest BCUT2D eigenvalue weighted by Crippen LogP contribution is 2.30. The second-order valence-corrected chi connectivity index (χ2v) is 6.43. The Morgan fingerprint density at radius 1 is 0.833 bits per heavy atom. The molecule has 0 spiro atoms. The molecule has 0 unspecified atom stereocenters. The predicted octanol–water partition coefficient (Wildman–Crippen LogP) is 2.54. The van der Waals surface area contributed by atoms with Crippen LogP contribution in [0.2, 0.25) is 0 Å². The second kappa shape index (κ2) is 11.2. The normalized spacial score (nSPS) is 11.5. The molecule has 7 nitrogen and oxygen atoms in total. The van der Waals surface area contributed by atoms with Crippen LogP contribution in [0.15, 0.2) is 23.1 Å². The minimum absolute atomic E-state index is 0.237. The molecule has 1 rings (SSSR count). The zero-order chi connectivity index (χ0) is 17.8. The van der Waals surface area contributed by atoms with E-state index in [-0.39, 0.29) is 17.3 Å². The first-order valence-electron chi connectivity index (χ1n) is 8.01. The molecule has 0 bridgehead atoms. The molecule has 0 amide bonds. The minimum Gasteiger partial charge on any atom is -0.487 e. The second-order valence-electron chi connectivity index (χ2n) is 5.01. The summed E-state index contributed by atoms with van der Waals surface area (Å²) < 4.78 is 53.4. The fourth-order valence-electron chi connectivity index (χ4n) is 1.79. The number of hydrogen-bond donors (Lipinski definition) is 1. The first-order chi connectivity index (χ1) is 11.5. The molecular weight excluding hydrogens is 336 g/mol. The van der Waals surface area contributed by atoms with Gasteiger partial charge in [0.05, 0.1) is 18.1 Å². The monoisotopic (exact) mass is 362 g/mol. The van der Waals surface area contributed by atoms with E-state index in [2.05, 4.69) is 0 Å². The van der Waals surface area contributed by atoms with Crippen LogP contribution in [0.1, 0.15) is 26.7 Å². The lowest BCUT2D eigenvalue weighted by molar-refractivity contribution is 0.0914. The lowest BCUT2D eigenvalue weighted by atomic mass is 10.3. The first kappa shape index (κ1) is 20.7. The van der Waals surface area contributed by atoms with Gasteiger partial charge in [0.2, 0.25) is 0 Å². The van der Waals surface area contributed by atoms with Crippen molar-refractivity contribution in [2.45, 2.75) is 31.6 Å². The van der Waals surface area contributed by atoms with Crippen molar-refractivity contribution in [1.82, 2.24) is 0 Å². The van der Waals surface area contributed by atoms with Crippen LogP contribution < -0.4 is 9.47 Å². The van der Waals surface area contributed by atoms with Crippen LogP contribution in [0.25, 0.3) is 0 Å². The van der Waals surface area contributed by atoms with Crippen molar-refractivity contribution in [3.63, 3.8) is 0 Å². The van der Waals surface area contributed by atoms with Crippen molar-refractivity contribution in [2.24, 2.45) is 0 Å². The van der Waals surface area contributed by atoms with Gasteiger partial charge in [-0.05, 0) is 25.0 Å². The summed E-state index contributed by atoms with van der Waals surface area (Å²) in [7, 11) is -4.31. The minimum atomic E-state index is -4.31. The van der Waals surface area contributed by atoms with E-state index in [1.807, 2.05) is 13.8 Å². The molecule has 1 aromatic rings. The molecule has 0 aliphatic carbocycles. The van der Waals surface area contributed by atoms with Crippen LogP contribution in [0.3, 0.4) is 0 Å². The van der Waals surface area contributed by atoms with Gasteiger partial charge in [0.15, 0.2) is 11.5 Å². The molecule has 0 aromatic heterocycles. The van der Waals surface area contributed by atoms with Crippen molar-refractivity contribution in [3.8, 4) is 11.5 Å². The Bertz CT molecular complexity index is 572. The Labute approximate surface area is 143 Å². The Balaban J connectivity index is 2.69. The Hall–Kier alpha value is -1.35. The quantitative estimate of drug-likeness (QED) is 0.426. The molecule has 0 aliphatic heterocycles. The van der Waals surface area contributed by atoms with Crippen molar-refractivity contribution in [2.75, 3.05) is 39.6 Å². The van der Waals surface area contributed by atoms with E-state index in [9.17, 15) is 8.42 Å². The first-order valence-corrected chi connectivity index (χ1v) is 9.45. The largest absolute Gasteiger partial charge is 0.487 e. The number of rotatable bonds is 13. The van der Waals surface area contributed by atoms with Gasteiger partial charge in [-0.25, -0.2) is 0 Å². The summed E-state index contributed by atoms with van der Waals surface area (Å²) in [6.07, 6.45) is 1.83. The Morgan fingerprint density at radius 3 is 1.88 bits per heavy atom. The topological polar surface area (TPSA) is 91.3 Å². The zero-order valence-corrected chi connectivity index (χ0v) is 15.0. The van der Waals surface area contributed by atoms with Crippen molar-refractivity contribution in [1.29, 1.82) is 0 Å². The fourth-order valence-corrected chi connectivity index (χ4v) is 2.29. The summed E-state index contributed by atoms with van der Waals surface area (Å²) in [6, 6.07) is 3.94. The smallest absolute Gasteiger partial charge is 0.294 e. The molecule has 0 atom stereocenters. The van der Waals surface area contributed by atoms with E-state index in [1.54, 1.807) is 0 Å². The van der Waals surface area contributed by atoms with Gasteiger partial charge in [-0.3, -0.25) is 4.55 Å². The standard InChI is InChI=1S/C16H26O7S/c1-3-7-20-9-11-22-15-6-5-14(24(17,18)19)13-16(15)23-12-10-21-8-4-2/h5-6,13H,3-4,7-12H2,1-2H3,(H,17,18,19). The highest BCUT2D eigenvalue weighted by Gasteiger charge is 2.14. The molecule has 1 N–H and O–H groups in total.